The van der Waals surface area contributed by atoms with Crippen molar-refractivity contribution >= 4 is 5.91 Å². The Morgan fingerprint density at radius 2 is 1.75 bits per heavy atom. The van der Waals surface area contributed by atoms with E-state index in [1.54, 1.807) is 30.3 Å². The number of benzene rings is 3. The average Bonchev–Trinajstić information content (AvgIpc) is 2.85. The summed E-state index contributed by atoms with van der Waals surface area (Å²) in [5.74, 6) is -0.534. The van der Waals surface area contributed by atoms with Gasteiger partial charge < -0.3 is 10.1 Å². The van der Waals surface area contributed by atoms with Gasteiger partial charge in [0.1, 0.15) is 5.82 Å². The van der Waals surface area contributed by atoms with E-state index in [-0.39, 0.29) is 17.8 Å². The smallest absolute Gasteiger partial charge is 0.251 e. The van der Waals surface area contributed by atoms with Gasteiger partial charge in [-0.05, 0) is 35.4 Å². The summed E-state index contributed by atoms with van der Waals surface area (Å²) in [5, 5.41) is 12.5. The normalized spacial score (nSPS) is 15.0. The molecule has 0 spiro atoms. The molecule has 1 aliphatic rings. The largest absolute Gasteiger partial charge is 0.379 e. The van der Waals surface area contributed by atoms with Crippen LogP contribution in [0, 0.1) is 17.1 Å². The Labute approximate surface area is 187 Å². The highest BCUT2D eigenvalue weighted by Crippen LogP contribution is 2.27. The number of carbonyl (C=O) groups excluding carboxylic acids is 1. The molecule has 6 heteroatoms. The molecule has 1 amide bonds. The quantitative estimate of drug-likeness (QED) is 0.639. The van der Waals surface area contributed by atoms with Crippen molar-refractivity contribution in [1.82, 2.24) is 10.2 Å². The van der Waals surface area contributed by atoms with Gasteiger partial charge in [-0.25, -0.2) is 4.39 Å². The first-order chi connectivity index (χ1) is 15.7. The molecular formula is C26H24FN3O2. The molecule has 0 radical (unpaired) electrons. The first kappa shape index (κ1) is 21.7. The fourth-order valence-electron chi connectivity index (χ4n) is 4.08. The van der Waals surface area contributed by atoms with Crippen LogP contribution in [0.1, 0.15) is 27.5 Å². The lowest BCUT2D eigenvalue weighted by atomic mass is 9.95. The van der Waals surface area contributed by atoms with Crippen molar-refractivity contribution < 1.29 is 13.9 Å². The second-order valence-electron chi connectivity index (χ2n) is 7.63. The minimum absolute atomic E-state index is 0.169. The number of halogens is 1. The van der Waals surface area contributed by atoms with Gasteiger partial charge in [0.25, 0.3) is 5.91 Å². The second-order valence-corrected chi connectivity index (χ2v) is 7.63. The summed E-state index contributed by atoms with van der Waals surface area (Å²) in [6.07, 6.45) is 0. The van der Waals surface area contributed by atoms with Gasteiger partial charge in [0.2, 0.25) is 0 Å². The topological polar surface area (TPSA) is 65.4 Å². The number of ether oxygens (including phenoxy) is 1. The lowest BCUT2D eigenvalue weighted by Crippen LogP contribution is -2.43. The van der Waals surface area contributed by atoms with Crippen LogP contribution in [0.3, 0.4) is 0 Å². The van der Waals surface area contributed by atoms with Gasteiger partial charge in [-0.3, -0.25) is 9.69 Å². The summed E-state index contributed by atoms with van der Waals surface area (Å²) in [6.45, 7) is 2.96. The van der Waals surface area contributed by atoms with E-state index in [1.165, 1.54) is 12.1 Å². The SMILES string of the molecule is N#Cc1ccccc1-c1ccccc1C(=O)NCC(c1cccc(F)c1)N1CCOCC1. The van der Waals surface area contributed by atoms with Gasteiger partial charge in [0, 0.05) is 30.8 Å². The lowest BCUT2D eigenvalue weighted by molar-refractivity contribution is 0.0162. The van der Waals surface area contributed by atoms with Crippen molar-refractivity contribution in [3.8, 4) is 17.2 Å². The first-order valence-electron chi connectivity index (χ1n) is 10.6. The number of nitrogens with zero attached hydrogens (tertiary/aromatic N) is 2. The maximum atomic E-state index is 13.9. The molecule has 0 aromatic heterocycles. The monoisotopic (exact) mass is 429 g/mol. The molecule has 32 heavy (non-hydrogen) atoms. The van der Waals surface area contributed by atoms with Gasteiger partial charge in [0.05, 0.1) is 30.9 Å². The van der Waals surface area contributed by atoms with Crippen LogP contribution < -0.4 is 5.32 Å². The molecule has 0 saturated carbocycles. The number of hydrogen-bond donors (Lipinski definition) is 1. The molecule has 3 aromatic carbocycles. The molecule has 162 valence electrons. The maximum absolute atomic E-state index is 13.9. The Balaban J connectivity index is 1.59. The molecule has 5 nitrogen and oxygen atoms in total. The highest BCUT2D eigenvalue weighted by molar-refractivity contribution is 6.01. The fourth-order valence-corrected chi connectivity index (χ4v) is 4.08. The van der Waals surface area contributed by atoms with Crippen molar-refractivity contribution in [2.24, 2.45) is 0 Å². The number of rotatable bonds is 6. The molecule has 1 fully saturated rings. The molecule has 4 rings (SSSR count). The molecule has 1 unspecified atom stereocenters. The number of nitrogens with one attached hydrogen (secondary N) is 1. The van der Waals surface area contributed by atoms with E-state index in [0.29, 0.717) is 49.5 Å². The highest BCUT2D eigenvalue weighted by Gasteiger charge is 2.24. The predicted octanol–water partition coefficient (Wildman–Crippen LogP) is 4.17. The van der Waals surface area contributed by atoms with Crippen molar-refractivity contribution in [3.05, 3.63) is 95.3 Å². The van der Waals surface area contributed by atoms with Crippen LogP contribution in [0.4, 0.5) is 4.39 Å². The molecule has 1 heterocycles. The number of carbonyl (C=O) groups is 1. The van der Waals surface area contributed by atoms with Crippen LogP contribution in [0.5, 0.6) is 0 Å². The summed E-state index contributed by atoms with van der Waals surface area (Å²) in [7, 11) is 0. The molecule has 3 aromatic rings. The molecule has 0 bridgehead atoms. The fraction of sp³-hybridized carbons (Fsp3) is 0.231. The van der Waals surface area contributed by atoms with Gasteiger partial charge in [-0.15, -0.1) is 0 Å². The number of amides is 1. The summed E-state index contributed by atoms with van der Waals surface area (Å²) in [6, 6.07) is 23.0. The van der Waals surface area contributed by atoms with Gasteiger partial charge in [-0.1, -0.05) is 48.5 Å². The van der Waals surface area contributed by atoms with Crippen molar-refractivity contribution in [2.45, 2.75) is 6.04 Å². The minimum atomic E-state index is -0.300. The maximum Gasteiger partial charge on any atom is 0.251 e. The van der Waals surface area contributed by atoms with Crippen LogP contribution in [0.2, 0.25) is 0 Å². The van der Waals surface area contributed by atoms with E-state index >= 15 is 0 Å². The zero-order valence-corrected chi connectivity index (χ0v) is 17.6. The Morgan fingerprint density at radius 1 is 1.03 bits per heavy atom. The first-order valence-corrected chi connectivity index (χ1v) is 10.6. The lowest BCUT2D eigenvalue weighted by Gasteiger charge is -2.35. The second kappa shape index (κ2) is 10.2. The van der Waals surface area contributed by atoms with E-state index in [1.807, 2.05) is 30.3 Å². The molecular weight excluding hydrogens is 405 g/mol. The van der Waals surface area contributed by atoms with Gasteiger partial charge in [-0.2, -0.15) is 5.26 Å². The Kier molecular flexibility index (Phi) is 6.90. The highest BCUT2D eigenvalue weighted by atomic mass is 19.1. The van der Waals surface area contributed by atoms with Crippen molar-refractivity contribution in [2.75, 3.05) is 32.8 Å². The molecule has 1 saturated heterocycles. The Bertz CT molecular complexity index is 1140. The van der Waals surface area contributed by atoms with Gasteiger partial charge >= 0.3 is 0 Å². The van der Waals surface area contributed by atoms with E-state index in [9.17, 15) is 14.4 Å². The van der Waals surface area contributed by atoms with E-state index in [2.05, 4.69) is 16.3 Å². The Morgan fingerprint density at radius 3 is 2.50 bits per heavy atom. The van der Waals surface area contributed by atoms with Crippen LogP contribution in [0.25, 0.3) is 11.1 Å². The number of nitriles is 1. The van der Waals surface area contributed by atoms with E-state index in [4.69, 9.17) is 4.74 Å². The third kappa shape index (κ3) is 4.86. The molecule has 1 aliphatic heterocycles. The van der Waals surface area contributed by atoms with Gasteiger partial charge in [0.15, 0.2) is 0 Å². The van der Waals surface area contributed by atoms with Crippen LogP contribution in [0.15, 0.2) is 72.8 Å². The average molecular weight is 429 g/mol. The predicted molar refractivity (Wildman–Crippen MR) is 120 cm³/mol. The van der Waals surface area contributed by atoms with E-state index in [0.717, 1.165) is 11.1 Å². The Hall–Kier alpha value is -3.53. The summed E-state index contributed by atoms with van der Waals surface area (Å²) < 4.78 is 19.4. The number of hydrogen-bond acceptors (Lipinski definition) is 4. The van der Waals surface area contributed by atoms with E-state index < -0.39 is 0 Å². The zero-order chi connectivity index (χ0) is 22.3. The molecule has 1 N–H and O–H groups in total. The summed E-state index contributed by atoms with van der Waals surface area (Å²) in [4.78, 5) is 15.4. The van der Waals surface area contributed by atoms with Crippen LogP contribution in [-0.2, 0) is 4.74 Å². The standard InChI is InChI=1S/C26H24FN3O2/c27-21-8-5-7-19(16-21)25(30-12-14-32-15-13-30)18-29-26(31)24-11-4-3-10-23(24)22-9-2-1-6-20(22)17-28/h1-11,16,25H,12-15,18H2,(H,29,31). The van der Waals surface area contributed by atoms with Crippen molar-refractivity contribution in [3.63, 3.8) is 0 Å². The zero-order valence-electron chi connectivity index (χ0n) is 17.6. The molecule has 1 atom stereocenters. The third-order valence-corrected chi connectivity index (χ3v) is 5.69. The minimum Gasteiger partial charge on any atom is -0.379 e. The number of morpholine rings is 1. The molecule has 0 aliphatic carbocycles. The third-order valence-electron chi connectivity index (χ3n) is 5.69. The summed E-state index contributed by atoms with van der Waals surface area (Å²) in [5.41, 5.74) is 3.25. The van der Waals surface area contributed by atoms with Crippen LogP contribution in [-0.4, -0.2) is 43.7 Å². The summed E-state index contributed by atoms with van der Waals surface area (Å²) >= 11 is 0. The van der Waals surface area contributed by atoms with Crippen molar-refractivity contribution in [1.29, 1.82) is 5.26 Å². The van der Waals surface area contributed by atoms with Crippen LogP contribution >= 0.6 is 0 Å².